The maximum absolute atomic E-state index is 10.4. The Morgan fingerprint density at radius 1 is 1.29 bits per heavy atom. The number of hydrogen-bond acceptors (Lipinski definition) is 2. The lowest BCUT2D eigenvalue weighted by Gasteiger charge is -1.89. The Morgan fingerprint density at radius 3 is 2.50 bits per heavy atom. The van der Waals surface area contributed by atoms with E-state index >= 15 is 0 Å². The Kier molecular flexibility index (Phi) is 4.01. The molecule has 0 unspecified atom stereocenters. The summed E-state index contributed by atoms with van der Waals surface area (Å²) in [6.07, 6.45) is 4.92. The largest absolute Gasteiger partial charge is 0.477 e. The van der Waals surface area contributed by atoms with Crippen molar-refractivity contribution in [1.29, 1.82) is 0 Å². The van der Waals surface area contributed by atoms with Crippen molar-refractivity contribution in [2.24, 2.45) is 0 Å². The summed E-state index contributed by atoms with van der Waals surface area (Å²) in [4.78, 5) is 10.4. The predicted molar refractivity (Wildman–Crippen MR) is 60.2 cm³/mol. The predicted octanol–water partition coefficient (Wildman–Crippen LogP) is 2.60. The molecular weight excluding hydrogens is 196 g/mol. The van der Waals surface area contributed by atoms with E-state index in [-0.39, 0.29) is 4.91 Å². The van der Waals surface area contributed by atoms with E-state index in [0.717, 1.165) is 5.56 Å². The minimum atomic E-state index is -1.02. The lowest BCUT2D eigenvalue weighted by atomic mass is 10.2. The first-order chi connectivity index (χ1) is 6.70. The first-order valence-corrected chi connectivity index (χ1v) is 4.50. The molecule has 3 heteroatoms. The Labute approximate surface area is 88.0 Å². The van der Waals surface area contributed by atoms with E-state index in [1.165, 1.54) is 6.08 Å². The van der Waals surface area contributed by atoms with E-state index in [9.17, 15) is 4.79 Å². The summed E-state index contributed by atoms with van der Waals surface area (Å²) in [5, 5.41) is 8.50. The van der Waals surface area contributed by atoms with E-state index in [4.69, 9.17) is 5.11 Å². The molecular formula is C11H10O2S. The van der Waals surface area contributed by atoms with Gasteiger partial charge in [-0.3, -0.25) is 0 Å². The molecule has 0 saturated carbocycles. The van der Waals surface area contributed by atoms with Crippen LogP contribution in [0.25, 0.3) is 6.08 Å². The van der Waals surface area contributed by atoms with Crippen LogP contribution in [0.5, 0.6) is 0 Å². The highest BCUT2D eigenvalue weighted by Gasteiger charge is 1.96. The van der Waals surface area contributed by atoms with Gasteiger partial charge in [-0.2, -0.15) is 0 Å². The van der Waals surface area contributed by atoms with E-state index in [2.05, 4.69) is 12.6 Å². The molecule has 0 fully saturated rings. The van der Waals surface area contributed by atoms with Gasteiger partial charge in [0.2, 0.25) is 0 Å². The molecule has 0 atom stereocenters. The molecule has 1 rings (SSSR count). The average Bonchev–Trinajstić information content (AvgIpc) is 2.19. The van der Waals surface area contributed by atoms with Gasteiger partial charge < -0.3 is 5.11 Å². The van der Waals surface area contributed by atoms with Crippen LogP contribution >= 0.6 is 12.6 Å². The Balaban J connectivity index is 2.66. The molecule has 0 amide bonds. The average molecular weight is 206 g/mol. The van der Waals surface area contributed by atoms with Crippen molar-refractivity contribution in [3.8, 4) is 0 Å². The van der Waals surface area contributed by atoms with Crippen molar-refractivity contribution in [2.75, 3.05) is 0 Å². The first-order valence-electron chi connectivity index (χ1n) is 4.06. The van der Waals surface area contributed by atoms with Crippen molar-refractivity contribution in [3.05, 3.63) is 53.0 Å². The minimum absolute atomic E-state index is 0.0252. The zero-order chi connectivity index (χ0) is 10.4. The molecule has 0 aliphatic heterocycles. The van der Waals surface area contributed by atoms with Gasteiger partial charge in [0, 0.05) is 0 Å². The Bertz CT molecular complexity index is 366. The summed E-state index contributed by atoms with van der Waals surface area (Å²) >= 11 is 3.78. The number of allylic oxidation sites excluding steroid dienone is 2. The van der Waals surface area contributed by atoms with Crippen LogP contribution in [0.2, 0.25) is 0 Å². The summed E-state index contributed by atoms with van der Waals surface area (Å²) in [5.74, 6) is -1.02. The fraction of sp³-hybridized carbons (Fsp3) is 0. The molecule has 0 heterocycles. The molecule has 0 bridgehead atoms. The number of rotatable bonds is 3. The SMILES string of the molecule is O=C(O)/C(S)=C\C=C\c1ccccc1. The summed E-state index contributed by atoms with van der Waals surface area (Å²) in [7, 11) is 0. The second-order valence-electron chi connectivity index (χ2n) is 2.63. The molecule has 0 aliphatic rings. The highest BCUT2D eigenvalue weighted by Crippen LogP contribution is 2.04. The summed E-state index contributed by atoms with van der Waals surface area (Å²) < 4.78 is 0. The van der Waals surface area contributed by atoms with Gasteiger partial charge in [-0.1, -0.05) is 42.5 Å². The molecule has 0 spiro atoms. The van der Waals surface area contributed by atoms with Gasteiger partial charge >= 0.3 is 5.97 Å². The van der Waals surface area contributed by atoms with Crippen LogP contribution in [-0.4, -0.2) is 11.1 Å². The minimum Gasteiger partial charge on any atom is -0.477 e. The Hall–Kier alpha value is -1.48. The lowest BCUT2D eigenvalue weighted by Crippen LogP contribution is -1.92. The first kappa shape index (κ1) is 10.6. The van der Waals surface area contributed by atoms with E-state index in [0.29, 0.717) is 0 Å². The van der Waals surface area contributed by atoms with Gasteiger partial charge in [-0.15, -0.1) is 12.6 Å². The second kappa shape index (κ2) is 5.29. The topological polar surface area (TPSA) is 37.3 Å². The normalized spacial score (nSPS) is 11.9. The molecule has 1 N–H and O–H groups in total. The van der Waals surface area contributed by atoms with Gasteiger partial charge in [0.1, 0.15) is 0 Å². The molecule has 2 nitrogen and oxygen atoms in total. The van der Waals surface area contributed by atoms with Crippen LogP contribution in [-0.2, 0) is 4.79 Å². The molecule has 0 radical (unpaired) electrons. The van der Waals surface area contributed by atoms with Crippen molar-refractivity contribution < 1.29 is 9.90 Å². The monoisotopic (exact) mass is 206 g/mol. The fourth-order valence-corrected chi connectivity index (χ4v) is 0.972. The number of aliphatic carboxylic acids is 1. The maximum Gasteiger partial charge on any atom is 0.341 e. The Morgan fingerprint density at radius 2 is 1.93 bits per heavy atom. The molecule has 0 aliphatic carbocycles. The quantitative estimate of drug-likeness (QED) is 0.453. The van der Waals surface area contributed by atoms with Gasteiger partial charge in [-0.25, -0.2) is 4.79 Å². The van der Waals surface area contributed by atoms with Crippen LogP contribution in [0.1, 0.15) is 5.56 Å². The molecule has 1 aromatic rings. The molecule has 0 aromatic heterocycles. The number of thiol groups is 1. The van der Waals surface area contributed by atoms with Gasteiger partial charge in [0.25, 0.3) is 0 Å². The molecule has 0 saturated heterocycles. The zero-order valence-corrected chi connectivity index (χ0v) is 8.32. The van der Waals surface area contributed by atoms with Gasteiger partial charge in [0.15, 0.2) is 0 Å². The highest BCUT2D eigenvalue weighted by molar-refractivity contribution is 7.85. The molecule has 72 valence electrons. The number of hydrogen-bond donors (Lipinski definition) is 2. The third-order valence-corrected chi connectivity index (χ3v) is 1.90. The number of carboxylic acid groups (broad SMARTS) is 1. The van der Waals surface area contributed by atoms with Crippen LogP contribution in [0, 0.1) is 0 Å². The van der Waals surface area contributed by atoms with Gasteiger partial charge in [-0.05, 0) is 11.6 Å². The summed E-state index contributed by atoms with van der Waals surface area (Å²) in [6, 6.07) is 9.63. The molecule has 1 aromatic carbocycles. The standard InChI is InChI=1S/C11H10O2S/c12-11(13)10(14)8-4-7-9-5-2-1-3-6-9/h1-8,14H,(H,12,13)/b7-4+,10-8+. The van der Waals surface area contributed by atoms with E-state index in [1.807, 2.05) is 36.4 Å². The highest BCUT2D eigenvalue weighted by atomic mass is 32.1. The van der Waals surface area contributed by atoms with Crippen molar-refractivity contribution in [2.45, 2.75) is 0 Å². The van der Waals surface area contributed by atoms with Crippen LogP contribution in [0.4, 0.5) is 0 Å². The lowest BCUT2D eigenvalue weighted by molar-refractivity contribution is -0.131. The summed E-state index contributed by atoms with van der Waals surface area (Å²) in [6.45, 7) is 0. The maximum atomic E-state index is 10.4. The smallest absolute Gasteiger partial charge is 0.341 e. The third kappa shape index (κ3) is 3.49. The van der Waals surface area contributed by atoms with Crippen LogP contribution in [0.3, 0.4) is 0 Å². The van der Waals surface area contributed by atoms with Gasteiger partial charge in [0.05, 0.1) is 4.91 Å². The van der Waals surface area contributed by atoms with E-state index in [1.54, 1.807) is 6.08 Å². The number of benzene rings is 1. The van der Waals surface area contributed by atoms with Crippen LogP contribution < -0.4 is 0 Å². The molecule has 14 heavy (non-hydrogen) atoms. The fourth-order valence-electron chi connectivity index (χ4n) is 0.886. The third-order valence-electron chi connectivity index (χ3n) is 1.56. The zero-order valence-electron chi connectivity index (χ0n) is 7.42. The number of carboxylic acids is 1. The summed E-state index contributed by atoms with van der Waals surface area (Å²) in [5.41, 5.74) is 1.02. The number of carbonyl (C=O) groups is 1. The van der Waals surface area contributed by atoms with E-state index < -0.39 is 5.97 Å². The van der Waals surface area contributed by atoms with Crippen molar-refractivity contribution in [3.63, 3.8) is 0 Å². The van der Waals surface area contributed by atoms with Crippen LogP contribution in [0.15, 0.2) is 47.4 Å². The van der Waals surface area contributed by atoms with Crippen molar-refractivity contribution >= 4 is 24.7 Å². The van der Waals surface area contributed by atoms with Crippen molar-refractivity contribution in [1.82, 2.24) is 0 Å². The second-order valence-corrected chi connectivity index (χ2v) is 3.11.